The Hall–Kier alpha value is -3.49. The first-order valence-electron chi connectivity index (χ1n) is 12.4. The minimum absolute atomic E-state index is 0.0879. The number of carbonyl (C=O) groups is 2. The third-order valence-electron chi connectivity index (χ3n) is 5.80. The van der Waals surface area contributed by atoms with Crippen LogP contribution in [0.3, 0.4) is 0 Å². The molecule has 0 aliphatic heterocycles. The predicted molar refractivity (Wildman–Crippen MR) is 134 cm³/mol. The van der Waals surface area contributed by atoms with Crippen molar-refractivity contribution in [2.24, 2.45) is 0 Å². The number of rotatable bonds is 15. The Morgan fingerprint density at radius 1 is 0.919 bits per heavy atom. The summed E-state index contributed by atoms with van der Waals surface area (Å²) in [7, 11) is 0. The minimum atomic E-state index is -1.99. The van der Waals surface area contributed by atoms with E-state index >= 15 is 0 Å². The lowest BCUT2D eigenvalue weighted by Gasteiger charge is -2.18. The molecule has 0 aliphatic rings. The van der Waals surface area contributed by atoms with E-state index in [9.17, 15) is 27.2 Å². The molecule has 0 bridgehead atoms. The number of carbonyl (C=O) groups excluding carboxylic acids is 2. The highest BCUT2D eigenvalue weighted by atomic mass is 19.2. The van der Waals surface area contributed by atoms with E-state index in [1.54, 1.807) is 12.1 Å². The number of hydrogen-bond donors (Lipinski definition) is 2. The van der Waals surface area contributed by atoms with Crippen molar-refractivity contribution in [3.05, 3.63) is 76.9 Å². The van der Waals surface area contributed by atoms with Crippen LogP contribution in [0.2, 0.25) is 0 Å². The number of allylic oxidation sites excluding steroid dienone is 1. The molecule has 9 heteroatoms. The van der Waals surface area contributed by atoms with E-state index in [1.165, 1.54) is 36.8 Å². The molecule has 1 atom stereocenters. The molecule has 2 N–H and O–H groups in total. The summed E-state index contributed by atoms with van der Waals surface area (Å²) in [5.74, 6) is -12.0. The molecule has 0 saturated carbocycles. The highest BCUT2D eigenvalue weighted by molar-refractivity contribution is 5.95. The van der Waals surface area contributed by atoms with Gasteiger partial charge in [0, 0.05) is 12.3 Å². The summed E-state index contributed by atoms with van der Waals surface area (Å²) in [6, 6.07) is 6.55. The van der Waals surface area contributed by atoms with Gasteiger partial charge in [0.25, 0.3) is 5.91 Å². The topological polar surface area (TPSA) is 79.2 Å². The summed E-state index contributed by atoms with van der Waals surface area (Å²) in [6.45, 7) is 2.13. The molecule has 37 heavy (non-hydrogen) atoms. The molecular formula is C28H32F4N2O3. The molecule has 1 unspecified atom stereocenters. The molecular weight excluding hydrogens is 488 g/mol. The predicted octanol–water partition coefficient (Wildman–Crippen LogP) is 7.30. The number of halogens is 4. The first-order chi connectivity index (χ1) is 17.8. The normalized spacial score (nSPS) is 11.9. The average Bonchev–Trinajstić information content (AvgIpc) is 2.90. The van der Waals surface area contributed by atoms with Gasteiger partial charge in [-0.25, -0.2) is 13.6 Å². The van der Waals surface area contributed by atoms with Gasteiger partial charge >= 0.3 is 5.97 Å². The van der Waals surface area contributed by atoms with Gasteiger partial charge in [-0.15, -0.1) is 0 Å². The molecule has 0 saturated heterocycles. The third kappa shape index (κ3) is 8.84. The van der Waals surface area contributed by atoms with Crippen LogP contribution in [0.5, 0.6) is 5.75 Å². The molecule has 0 spiro atoms. The van der Waals surface area contributed by atoms with Gasteiger partial charge in [0.2, 0.25) is 17.4 Å². The van der Waals surface area contributed by atoms with Crippen LogP contribution in [0, 0.1) is 28.7 Å². The van der Waals surface area contributed by atoms with E-state index in [0.717, 1.165) is 44.7 Å². The second kappa shape index (κ2) is 15.6. The lowest BCUT2D eigenvalue weighted by molar-refractivity contribution is 0.0717. The van der Waals surface area contributed by atoms with Crippen molar-refractivity contribution in [2.75, 3.05) is 0 Å². The quantitative estimate of drug-likeness (QED) is 0.0646. The standard InChI is InChI=1S/C28H32F4N2O3/c1-2-3-4-5-6-7-11-16-20(17-12-13-18-33)34-27(35)21-22(29)24(31)26(25(32)23(21)30)37-28(36)19-14-9-8-10-15-19/h8-10,12-15,18,20,33H,2-7,11,16-17H2,1H3,(H,34,35)/b13-12-,33-18?. The van der Waals surface area contributed by atoms with E-state index in [4.69, 9.17) is 5.41 Å². The third-order valence-corrected chi connectivity index (χ3v) is 5.80. The van der Waals surface area contributed by atoms with Crippen molar-refractivity contribution in [3.63, 3.8) is 0 Å². The fraction of sp³-hybridized carbons (Fsp3) is 0.393. The molecule has 0 radical (unpaired) electrons. The zero-order valence-electron chi connectivity index (χ0n) is 20.8. The molecule has 2 rings (SSSR count). The Bertz CT molecular complexity index is 1060. The van der Waals surface area contributed by atoms with Gasteiger partial charge in [-0.2, -0.15) is 8.78 Å². The number of hydrogen-bond acceptors (Lipinski definition) is 4. The Labute approximate surface area is 214 Å². The van der Waals surface area contributed by atoms with Crippen molar-refractivity contribution < 1.29 is 31.9 Å². The molecule has 0 fully saturated rings. The second-order valence-corrected chi connectivity index (χ2v) is 8.63. The molecule has 2 aromatic carbocycles. The summed E-state index contributed by atoms with van der Waals surface area (Å²) in [4.78, 5) is 24.8. The van der Waals surface area contributed by atoms with Gasteiger partial charge in [0.1, 0.15) is 5.56 Å². The SMILES string of the molecule is CCCCCCCCCC(C/C=C\C=N)NC(=O)c1c(F)c(F)c(OC(=O)c2ccccc2)c(F)c1F. The van der Waals surface area contributed by atoms with Gasteiger partial charge in [-0.05, 0) is 31.1 Å². The van der Waals surface area contributed by atoms with Crippen LogP contribution in [-0.2, 0) is 0 Å². The van der Waals surface area contributed by atoms with Crippen LogP contribution in [0.25, 0.3) is 0 Å². The van der Waals surface area contributed by atoms with Gasteiger partial charge in [0.15, 0.2) is 11.6 Å². The maximum Gasteiger partial charge on any atom is 0.343 e. The van der Waals surface area contributed by atoms with E-state index < -0.39 is 52.5 Å². The summed E-state index contributed by atoms with van der Waals surface area (Å²) in [6.07, 6.45) is 12.0. The maximum atomic E-state index is 14.7. The molecule has 1 amide bonds. The van der Waals surface area contributed by atoms with E-state index in [2.05, 4.69) is 17.0 Å². The number of benzene rings is 2. The number of amides is 1. The fourth-order valence-electron chi connectivity index (χ4n) is 3.79. The van der Waals surface area contributed by atoms with Crippen molar-refractivity contribution in [1.29, 1.82) is 5.41 Å². The number of ether oxygens (including phenoxy) is 1. The Balaban J connectivity index is 2.16. The zero-order valence-corrected chi connectivity index (χ0v) is 20.8. The summed E-state index contributed by atoms with van der Waals surface area (Å²) >= 11 is 0. The highest BCUT2D eigenvalue weighted by Crippen LogP contribution is 2.31. The first kappa shape index (κ1) is 29.7. The van der Waals surface area contributed by atoms with Crippen LogP contribution in [-0.4, -0.2) is 24.1 Å². The molecule has 2 aromatic rings. The van der Waals surface area contributed by atoms with Crippen molar-refractivity contribution in [2.45, 2.75) is 70.8 Å². The summed E-state index contributed by atoms with van der Waals surface area (Å²) in [5.41, 5.74) is -1.52. The Kier molecular flexibility index (Phi) is 12.5. The largest absolute Gasteiger partial charge is 0.416 e. The van der Waals surface area contributed by atoms with Gasteiger partial charge in [-0.3, -0.25) is 4.79 Å². The van der Waals surface area contributed by atoms with Gasteiger partial charge in [-0.1, -0.05) is 76.1 Å². The lowest BCUT2D eigenvalue weighted by atomic mass is 10.0. The Morgan fingerprint density at radius 3 is 2.11 bits per heavy atom. The van der Waals surface area contributed by atoms with Crippen LogP contribution in [0.4, 0.5) is 17.6 Å². The number of nitrogens with one attached hydrogen (secondary N) is 2. The molecule has 0 aliphatic carbocycles. The number of unbranched alkanes of at least 4 members (excludes halogenated alkanes) is 6. The lowest BCUT2D eigenvalue weighted by Crippen LogP contribution is -2.36. The van der Waals surface area contributed by atoms with E-state index in [0.29, 0.717) is 6.42 Å². The molecule has 200 valence electrons. The van der Waals surface area contributed by atoms with Crippen LogP contribution in [0.1, 0.15) is 85.4 Å². The van der Waals surface area contributed by atoms with Gasteiger partial charge in [0.05, 0.1) is 5.56 Å². The van der Waals surface area contributed by atoms with Crippen molar-refractivity contribution >= 4 is 18.1 Å². The maximum absolute atomic E-state index is 14.7. The van der Waals surface area contributed by atoms with E-state index in [-0.39, 0.29) is 12.0 Å². The minimum Gasteiger partial charge on any atom is -0.416 e. The van der Waals surface area contributed by atoms with Crippen molar-refractivity contribution in [1.82, 2.24) is 5.32 Å². The summed E-state index contributed by atoms with van der Waals surface area (Å²) < 4.78 is 63.3. The smallest absolute Gasteiger partial charge is 0.343 e. The molecule has 5 nitrogen and oxygen atoms in total. The molecule has 0 aromatic heterocycles. The molecule has 0 heterocycles. The van der Waals surface area contributed by atoms with Crippen molar-refractivity contribution in [3.8, 4) is 5.75 Å². The fourth-order valence-corrected chi connectivity index (χ4v) is 3.79. The second-order valence-electron chi connectivity index (χ2n) is 8.63. The first-order valence-corrected chi connectivity index (χ1v) is 12.4. The van der Waals surface area contributed by atoms with Crippen LogP contribution in [0.15, 0.2) is 42.5 Å². The van der Waals surface area contributed by atoms with E-state index in [1.807, 2.05) is 0 Å². The van der Waals surface area contributed by atoms with Crippen LogP contribution < -0.4 is 10.1 Å². The monoisotopic (exact) mass is 520 g/mol. The van der Waals surface area contributed by atoms with Crippen LogP contribution >= 0.6 is 0 Å². The summed E-state index contributed by atoms with van der Waals surface area (Å²) in [5, 5.41) is 9.52. The average molecular weight is 521 g/mol. The highest BCUT2D eigenvalue weighted by Gasteiger charge is 2.32. The zero-order chi connectivity index (χ0) is 27.2. The Morgan fingerprint density at radius 2 is 1.51 bits per heavy atom. The van der Waals surface area contributed by atoms with Gasteiger partial charge < -0.3 is 15.5 Å². The number of esters is 1.